The molecule has 28 heavy (non-hydrogen) atoms. The number of nitrogen functional groups attached to an aromatic ring is 1. The normalized spacial score (nSPS) is 11.0. The molecule has 0 saturated heterocycles. The monoisotopic (exact) mass is 425 g/mol. The Balaban J connectivity index is 1.64. The van der Waals surface area contributed by atoms with Crippen molar-refractivity contribution in [3.8, 4) is 10.6 Å². The Bertz CT molecular complexity index is 1120. The molecule has 0 bridgehead atoms. The molecule has 0 radical (unpaired) electrons. The van der Waals surface area contributed by atoms with Gasteiger partial charge in [-0.1, -0.05) is 25.1 Å². The smallest absolute Gasteiger partial charge is 0.267 e. The number of hydrogen-bond acceptors (Lipinski definition) is 6. The van der Waals surface area contributed by atoms with Gasteiger partial charge in [0.05, 0.1) is 21.9 Å². The van der Waals surface area contributed by atoms with Gasteiger partial charge in [0.25, 0.3) is 5.91 Å². The number of rotatable bonds is 6. The lowest BCUT2D eigenvalue weighted by Gasteiger charge is -2.10. The van der Waals surface area contributed by atoms with E-state index in [0.717, 1.165) is 43.5 Å². The summed E-state index contributed by atoms with van der Waals surface area (Å²) in [5.41, 5.74) is 8.49. The number of fused-ring (bicyclic) bond motifs is 1. The van der Waals surface area contributed by atoms with E-state index < -0.39 is 0 Å². The third-order valence-corrected chi connectivity index (χ3v) is 7.46. The molecule has 3 heterocycles. The van der Waals surface area contributed by atoms with Crippen LogP contribution in [0.5, 0.6) is 0 Å². The first-order valence-corrected chi connectivity index (χ1v) is 11.6. The van der Waals surface area contributed by atoms with E-state index in [2.05, 4.69) is 12.2 Å². The van der Waals surface area contributed by atoms with Gasteiger partial charge in [0, 0.05) is 10.3 Å². The van der Waals surface area contributed by atoms with Gasteiger partial charge in [-0.3, -0.25) is 4.79 Å². The van der Waals surface area contributed by atoms with Crippen LogP contribution in [0.1, 0.15) is 23.0 Å². The number of carbonyl (C=O) groups is 1. The average molecular weight is 426 g/mol. The number of benzene rings is 1. The number of nitrogens with two attached hydrogens (primary N) is 1. The van der Waals surface area contributed by atoms with Crippen LogP contribution in [0.4, 0.5) is 11.4 Å². The van der Waals surface area contributed by atoms with Gasteiger partial charge in [-0.25, -0.2) is 4.98 Å². The standard InChI is InChI=1S/C21H19N3OS3/c1-2-11-26-16-7-4-3-6-14(16)23-20(25)19-18(22)13-9-10-15(24-21(13)28-19)17-8-5-12-27-17/h3-10,12H,2,11,22H2,1H3,(H,23,25). The highest BCUT2D eigenvalue weighted by Crippen LogP contribution is 2.36. The highest BCUT2D eigenvalue weighted by Gasteiger charge is 2.19. The van der Waals surface area contributed by atoms with Gasteiger partial charge < -0.3 is 11.1 Å². The molecule has 4 nitrogen and oxygen atoms in total. The second-order valence-electron chi connectivity index (χ2n) is 6.17. The lowest BCUT2D eigenvalue weighted by atomic mass is 10.2. The highest BCUT2D eigenvalue weighted by atomic mass is 32.2. The predicted molar refractivity (Wildman–Crippen MR) is 123 cm³/mol. The third-order valence-electron chi connectivity index (χ3n) is 4.17. The van der Waals surface area contributed by atoms with Gasteiger partial charge in [-0.15, -0.1) is 34.4 Å². The molecule has 0 aliphatic heterocycles. The van der Waals surface area contributed by atoms with Gasteiger partial charge in [0.15, 0.2) is 0 Å². The molecule has 3 N–H and O–H groups in total. The quantitative estimate of drug-likeness (QED) is 0.353. The van der Waals surface area contributed by atoms with Crippen molar-refractivity contribution in [1.29, 1.82) is 0 Å². The van der Waals surface area contributed by atoms with E-state index in [1.807, 2.05) is 53.9 Å². The number of thiophene rings is 2. The van der Waals surface area contributed by atoms with Gasteiger partial charge >= 0.3 is 0 Å². The van der Waals surface area contributed by atoms with Crippen molar-refractivity contribution in [2.45, 2.75) is 18.2 Å². The van der Waals surface area contributed by atoms with Gasteiger partial charge in [0.1, 0.15) is 9.71 Å². The van der Waals surface area contributed by atoms with Crippen LogP contribution in [0.3, 0.4) is 0 Å². The molecule has 4 aromatic rings. The number of pyridine rings is 1. The first-order valence-electron chi connectivity index (χ1n) is 8.93. The summed E-state index contributed by atoms with van der Waals surface area (Å²) in [5.74, 6) is 0.815. The summed E-state index contributed by atoms with van der Waals surface area (Å²) in [6, 6.07) is 15.8. The van der Waals surface area contributed by atoms with E-state index in [1.165, 1.54) is 11.3 Å². The maximum atomic E-state index is 12.9. The van der Waals surface area contributed by atoms with E-state index in [0.29, 0.717) is 10.6 Å². The Morgan fingerprint density at radius 1 is 1.18 bits per heavy atom. The Hall–Kier alpha value is -2.35. The lowest BCUT2D eigenvalue weighted by Crippen LogP contribution is -2.12. The molecule has 0 unspecified atom stereocenters. The number of para-hydroxylation sites is 1. The Kier molecular flexibility index (Phi) is 5.66. The van der Waals surface area contributed by atoms with Gasteiger partial charge in [-0.2, -0.15) is 0 Å². The summed E-state index contributed by atoms with van der Waals surface area (Å²) in [6.45, 7) is 2.14. The van der Waals surface area contributed by atoms with Crippen LogP contribution in [0.25, 0.3) is 20.8 Å². The average Bonchev–Trinajstić information content (AvgIpc) is 3.35. The van der Waals surface area contributed by atoms with Crippen LogP contribution in [-0.2, 0) is 0 Å². The van der Waals surface area contributed by atoms with Crippen LogP contribution in [-0.4, -0.2) is 16.6 Å². The second kappa shape index (κ2) is 8.34. The van der Waals surface area contributed by atoms with E-state index in [-0.39, 0.29) is 5.91 Å². The molecule has 0 saturated carbocycles. The van der Waals surface area contributed by atoms with E-state index in [9.17, 15) is 4.79 Å². The molecule has 7 heteroatoms. The largest absolute Gasteiger partial charge is 0.397 e. The van der Waals surface area contributed by atoms with Crippen LogP contribution >= 0.6 is 34.4 Å². The minimum atomic E-state index is -0.192. The SMILES string of the molecule is CCCSc1ccccc1NC(=O)c1sc2nc(-c3cccs3)ccc2c1N. The molecule has 0 atom stereocenters. The van der Waals surface area contributed by atoms with Crippen molar-refractivity contribution < 1.29 is 4.79 Å². The first-order chi connectivity index (χ1) is 13.7. The molecule has 142 valence electrons. The van der Waals surface area contributed by atoms with Crippen LogP contribution in [0, 0.1) is 0 Å². The Morgan fingerprint density at radius 3 is 2.82 bits per heavy atom. The van der Waals surface area contributed by atoms with E-state index >= 15 is 0 Å². The van der Waals surface area contributed by atoms with Gasteiger partial charge in [0.2, 0.25) is 0 Å². The third kappa shape index (κ3) is 3.78. The van der Waals surface area contributed by atoms with Crippen LogP contribution in [0.2, 0.25) is 0 Å². The number of amides is 1. The van der Waals surface area contributed by atoms with Crippen molar-refractivity contribution in [1.82, 2.24) is 4.98 Å². The molecular weight excluding hydrogens is 406 g/mol. The fraction of sp³-hybridized carbons (Fsp3) is 0.143. The number of nitrogens with one attached hydrogen (secondary N) is 1. The Labute approximate surface area is 175 Å². The fourth-order valence-electron chi connectivity index (χ4n) is 2.81. The molecule has 0 aliphatic carbocycles. The molecule has 1 aromatic carbocycles. The number of carbonyl (C=O) groups excluding carboxylic acids is 1. The van der Waals surface area contributed by atoms with Crippen molar-refractivity contribution >= 4 is 61.9 Å². The summed E-state index contributed by atoms with van der Waals surface area (Å²) < 4.78 is 0. The molecule has 0 aliphatic rings. The molecule has 3 aromatic heterocycles. The molecule has 4 rings (SSSR count). The second-order valence-corrected chi connectivity index (χ2v) is 9.25. The minimum Gasteiger partial charge on any atom is -0.397 e. The number of nitrogens with zero attached hydrogens (tertiary/aromatic N) is 1. The van der Waals surface area contributed by atoms with Crippen molar-refractivity contribution in [3.05, 3.63) is 58.8 Å². The maximum Gasteiger partial charge on any atom is 0.267 e. The van der Waals surface area contributed by atoms with Crippen LogP contribution < -0.4 is 11.1 Å². The lowest BCUT2D eigenvalue weighted by molar-refractivity contribution is 0.103. The molecule has 0 fully saturated rings. The zero-order valence-electron chi connectivity index (χ0n) is 15.3. The number of thioether (sulfide) groups is 1. The minimum absolute atomic E-state index is 0.192. The number of aromatic nitrogens is 1. The summed E-state index contributed by atoms with van der Waals surface area (Å²) in [7, 11) is 0. The summed E-state index contributed by atoms with van der Waals surface area (Å²) in [6.07, 6.45) is 1.08. The topological polar surface area (TPSA) is 68.0 Å². The molecule has 0 spiro atoms. The van der Waals surface area contributed by atoms with Crippen molar-refractivity contribution in [3.63, 3.8) is 0 Å². The first kappa shape index (κ1) is 19.0. The fourth-order valence-corrected chi connectivity index (χ4v) is 5.37. The van der Waals surface area contributed by atoms with Crippen molar-refractivity contribution in [2.75, 3.05) is 16.8 Å². The summed E-state index contributed by atoms with van der Waals surface area (Å²) in [5, 5.41) is 5.87. The molecule has 1 amide bonds. The maximum absolute atomic E-state index is 12.9. The predicted octanol–water partition coefficient (Wildman–Crippen LogP) is 6.36. The van der Waals surface area contributed by atoms with Crippen molar-refractivity contribution in [2.24, 2.45) is 0 Å². The zero-order chi connectivity index (χ0) is 19.5. The van der Waals surface area contributed by atoms with E-state index in [1.54, 1.807) is 23.1 Å². The van der Waals surface area contributed by atoms with Crippen LogP contribution in [0.15, 0.2) is 58.8 Å². The number of anilines is 2. The molecular formula is C21H19N3OS3. The summed E-state index contributed by atoms with van der Waals surface area (Å²) in [4.78, 5) is 21.1. The van der Waals surface area contributed by atoms with Gasteiger partial charge in [-0.05, 0) is 47.9 Å². The Morgan fingerprint density at radius 2 is 2.04 bits per heavy atom. The zero-order valence-corrected chi connectivity index (χ0v) is 17.7. The van der Waals surface area contributed by atoms with E-state index in [4.69, 9.17) is 10.7 Å². The number of hydrogen-bond donors (Lipinski definition) is 2. The highest BCUT2D eigenvalue weighted by molar-refractivity contribution is 7.99. The summed E-state index contributed by atoms with van der Waals surface area (Å²) >= 11 is 4.72.